The summed E-state index contributed by atoms with van der Waals surface area (Å²) in [5.41, 5.74) is -0.889. The molecule has 48 heavy (non-hydrogen) atoms. The number of carbonyl (C=O) groups is 2. The molecular weight excluding hydrogens is 648 g/mol. The van der Waals surface area contributed by atoms with E-state index < -0.39 is 35.9 Å². The molecule has 3 aliphatic carbocycles. The number of anilines is 3. The van der Waals surface area contributed by atoms with Gasteiger partial charge in [-0.2, -0.15) is 0 Å². The number of hydrogen-bond donors (Lipinski definition) is 3. The quantitative estimate of drug-likeness (QED) is 0.296. The average Bonchev–Trinajstić information content (AvgIpc) is 3.49. The summed E-state index contributed by atoms with van der Waals surface area (Å²) in [6.07, 6.45) is -4.16. The Morgan fingerprint density at radius 2 is 1.48 bits per heavy atom. The van der Waals surface area contributed by atoms with Crippen LogP contribution in [0, 0.1) is 0 Å². The van der Waals surface area contributed by atoms with Crippen molar-refractivity contribution in [2.24, 2.45) is 0 Å². The maximum absolute atomic E-state index is 14.0. The molecule has 14 nitrogen and oxygen atoms in total. The maximum atomic E-state index is 14.0. The summed E-state index contributed by atoms with van der Waals surface area (Å²) in [4.78, 5) is 38.2. The van der Waals surface area contributed by atoms with E-state index in [2.05, 4.69) is 49.8 Å². The predicted molar refractivity (Wildman–Crippen MR) is 155 cm³/mol. The summed E-state index contributed by atoms with van der Waals surface area (Å²) >= 11 is 0. The second-order valence-corrected chi connectivity index (χ2v) is 12.1. The Balaban J connectivity index is 1.06. The lowest BCUT2D eigenvalue weighted by Crippen LogP contribution is -2.82. The molecule has 6 aliphatic rings. The molecule has 3 aromatic rings. The molecule has 0 atom stereocenters. The van der Waals surface area contributed by atoms with Gasteiger partial charge in [0.1, 0.15) is 17.7 Å². The van der Waals surface area contributed by atoms with Crippen molar-refractivity contribution in [3.8, 4) is 28.9 Å². The van der Waals surface area contributed by atoms with Crippen LogP contribution in [0.3, 0.4) is 0 Å². The Bertz CT molecular complexity index is 1840. The Kier molecular flexibility index (Phi) is 6.58. The van der Waals surface area contributed by atoms with Gasteiger partial charge >= 0.3 is 12.6 Å². The zero-order chi connectivity index (χ0) is 33.5. The fraction of sp³-hybridized carbons (Fsp3) is 0.400. The molecular formula is C30H26F4N6O8. The molecule has 0 unspecified atom stereocenters. The van der Waals surface area contributed by atoms with Gasteiger partial charge < -0.3 is 44.4 Å². The fourth-order valence-corrected chi connectivity index (χ4v) is 7.01. The Hall–Kier alpha value is -5.10. The van der Waals surface area contributed by atoms with Gasteiger partial charge in [-0.3, -0.25) is 14.5 Å². The van der Waals surface area contributed by atoms with Crippen LogP contribution >= 0.6 is 0 Å². The monoisotopic (exact) mass is 674 g/mol. The molecule has 4 fully saturated rings. The van der Waals surface area contributed by atoms with Crippen molar-refractivity contribution in [3.63, 3.8) is 0 Å². The van der Waals surface area contributed by atoms with E-state index in [4.69, 9.17) is 9.47 Å². The number of benzene rings is 2. The minimum absolute atomic E-state index is 0.00153. The van der Waals surface area contributed by atoms with Crippen LogP contribution in [0.2, 0.25) is 0 Å². The minimum Gasteiger partial charge on any atom is -0.480 e. The molecule has 0 spiro atoms. The Morgan fingerprint density at radius 1 is 0.833 bits per heavy atom. The van der Waals surface area contributed by atoms with Crippen LogP contribution < -0.4 is 39.6 Å². The molecule has 1 aromatic heterocycles. The van der Waals surface area contributed by atoms with Crippen molar-refractivity contribution in [1.29, 1.82) is 0 Å². The number of aromatic nitrogens is 2. The molecule has 0 radical (unpaired) electrons. The normalized spacial score (nSPS) is 25.4. The first-order valence-electron chi connectivity index (χ1n) is 14.8. The van der Waals surface area contributed by atoms with E-state index in [9.17, 15) is 27.2 Å². The summed E-state index contributed by atoms with van der Waals surface area (Å²) in [5, 5.41) is 8.43. The van der Waals surface area contributed by atoms with E-state index in [1.165, 1.54) is 19.5 Å². The van der Waals surface area contributed by atoms with Gasteiger partial charge in [-0.25, -0.2) is 9.97 Å². The molecule has 2 aromatic carbocycles. The van der Waals surface area contributed by atoms with Gasteiger partial charge in [0.05, 0.1) is 31.6 Å². The van der Waals surface area contributed by atoms with Gasteiger partial charge in [0.15, 0.2) is 23.0 Å². The largest absolute Gasteiger partial charge is 0.586 e. The topological polar surface area (TPSA) is 155 Å². The zero-order valence-corrected chi connectivity index (χ0v) is 25.0. The van der Waals surface area contributed by atoms with E-state index in [0.29, 0.717) is 13.2 Å². The van der Waals surface area contributed by atoms with Gasteiger partial charge in [0.25, 0.3) is 11.8 Å². The lowest BCUT2D eigenvalue weighted by Gasteiger charge is -2.74. The van der Waals surface area contributed by atoms with Gasteiger partial charge in [-0.1, -0.05) is 0 Å². The Labute approximate surface area is 268 Å². The van der Waals surface area contributed by atoms with Gasteiger partial charge in [-0.05, 0) is 37.5 Å². The van der Waals surface area contributed by atoms with E-state index >= 15 is 0 Å². The van der Waals surface area contributed by atoms with Crippen LogP contribution in [-0.2, 0) is 4.74 Å². The van der Waals surface area contributed by atoms with E-state index in [1.54, 1.807) is 0 Å². The van der Waals surface area contributed by atoms with Gasteiger partial charge in [-0.15, -0.1) is 17.6 Å². The fourth-order valence-electron chi connectivity index (χ4n) is 7.01. The molecule has 9 rings (SSSR count). The number of morpholine rings is 1. The SMILES string of the molecule is COc1ncnc(NC23CC(N4CCOCC4)(C2)C3)c1C(=O)Nc1cc2c(cc1C(=O)Nc1ccc3c(c1)OC(F)(F)O3)OC(F)(F)O2. The Morgan fingerprint density at radius 3 is 2.17 bits per heavy atom. The third-order valence-electron chi connectivity index (χ3n) is 8.99. The van der Waals surface area contributed by atoms with E-state index in [0.717, 1.165) is 56.6 Å². The molecule has 3 aliphatic heterocycles. The van der Waals surface area contributed by atoms with Crippen molar-refractivity contribution in [3.05, 3.63) is 47.8 Å². The number of amides is 2. The first-order valence-corrected chi connectivity index (χ1v) is 14.8. The predicted octanol–water partition coefficient (Wildman–Crippen LogP) is 4.05. The number of ether oxygens (including phenoxy) is 6. The number of methoxy groups -OCH3 is 1. The first kappa shape index (κ1) is 30.2. The molecule has 4 heterocycles. The summed E-state index contributed by atoms with van der Waals surface area (Å²) in [5.74, 6) is -3.16. The zero-order valence-electron chi connectivity index (χ0n) is 25.0. The van der Waals surface area contributed by atoms with E-state index in [-0.39, 0.29) is 56.8 Å². The first-order chi connectivity index (χ1) is 22.9. The number of fused-ring (bicyclic) bond motifs is 2. The molecule has 3 saturated carbocycles. The number of nitrogens with one attached hydrogen (secondary N) is 3. The van der Waals surface area contributed by atoms with Crippen LogP contribution in [0.1, 0.15) is 40.0 Å². The second kappa shape index (κ2) is 10.4. The van der Waals surface area contributed by atoms with Crippen molar-refractivity contribution in [2.45, 2.75) is 42.9 Å². The standard InChI is InChI=1S/C30H26F4N6O8/c1-43-26-22(23(35-14-36-26)39-27-11-28(12-27,13-27)40-4-6-44-7-5-40)25(42)38-17-10-21-20(47-30(33,34)48-21)9-16(17)24(41)37-15-2-3-18-19(8-15)46-29(31,32)45-18/h2-3,8-10,14H,4-7,11-13H2,1H3,(H,37,41)(H,38,42)(H,35,36,39). The second-order valence-electron chi connectivity index (χ2n) is 12.1. The lowest BCUT2D eigenvalue weighted by molar-refractivity contribution is -0.287. The highest BCUT2D eigenvalue weighted by Crippen LogP contribution is 2.65. The van der Waals surface area contributed by atoms with Gasteiger partial charge in [0, 0.05) is 42.0 Å². The number of hydrogen-bond acceptors (Lipinski definition) is 12. The van der Waals surface area contributed by atoms with Crippen LogP contribution in [0.25, 0.3) is 0 Å². The summed E-state index contributed by atoms with van der Waals surface area (Å²) in [6.45, 7) is 3.07. The highest BCUT2D eigenvalue weighted by Gasteiger charge is 2.70. The highest BCUT2D eigenvalue weighted by atomic mass is 19.3. The maximum Gasteiger partial charge on any atom is 0.586 e. The van der Waals surface area contributed by atoms with Crippen LogP contribution in [0.15, 0.2) is 36.7 Å². The van der Waals surface area contributed by atoms with Crippen molar-refractivity contribution < 1.29 is 55.6 Å². The van der Waals surface area contributed by atoms with Crippen LogP contribution in [0.4, 0.5) is 34.8 Å². The molecule has 18 heteroatoms. The molecule has 2 bridgehead atoms. The van der Waals surface area contributed by atoms with Gasteiger partial charge in [0.2, 0.25) is 5.88 Å². The molecule has 1 saturated heterocycles. The van der Waals surface area contributed by atoms with Crippen LogP contribution in [-0.4, -0.2) is 83.8 Å². The molecule has 252 valence electrons. The number of carbonyl (C=O) groups excluding carboxylic acids is 2. The minimum atomic E-state index is -4.03. The number of halogens is 4. The summed E-state index contributed by atoms with van der Waals surface area (Å²) in [7, 11) is 1.32. The van der Waals surface area contributed by atoms with Crippen molar-refractivity contribution in [2.75, 3.05) is 49.4 Å². The van der Waals surface area contributed by atoms with E-state index in [1.807, 2.05) is 0 Å². The summed E-state index contributed by atoms with van der Waals surface area (Å²) in [6, 6.07) is 5.46. The third-order valence-corrected chi connectivity index (χ3v) is 8.99. The van der Waals surface area contributed by atoms with Crippen LogP contribution in [0.5, 0.6) is 28.9 Å². The smallest absolute Gasteiger partial charge is 0.480 e. The highest BCUT2D eigenvalue weighted by molar-refractivity contribution is 6.15. The van der Waals surface area contributed by atoms with Crippen molar-refractivity contribution >= 4 is 29.0 Å². The lowest BCUT2D eigenvalue weighted by atomic mass is 9.43. The number of nitrogens with zero attached hydrogens (tertiary/aromatic N) is 3. The summed E-state index contributed by atoms with van der Waals surface area (Å²) < 4.78 is 83.7. The molecule has 3 N–H and O–H groups in total. The third kappa shape index (κ3) is 5.11. The molecule has 2 amide bonds. The number of rotatable bonds is 8. The average molecular weight is 675 g/mol. The van der Waals surface area contributed by atoms with Crippen molar-refractivity contribution in [1.82, 2.24) is 14.9 Å². The number of alkyl halides is 4.